The first-order valence-corrected chi connectivity index (χ1v) is 14.9. The van der Waals surface area contributed by atoms with Crippen LogP contribution in [0, 0.1) is 11.6 Å². The van der Waals surface area contributed by atoms with Crippen LogP contribution in [0.2, 0.25) is 5.02 Å². The average Bonchev–Trinajstić information content (AvgIpc) is 3.60. The van der Waals surface area contributed by atoms with Crippen LogP contribution in [0.5, 0.6) is 5.88 Å². The number of anilines is 1. The topological polar surface area (TPSA) is 102 Å². The Labute approximate surface area is 256 Å². The van der Waals surface area contributed by atoms with Gasteiger partial charge in [0.25, 0.3) is 0 Å². The SMILES string of the molecule is O=C(O)c1cc(F)c2nc(CN3CCN(c4cccc(OCc5ccc(Cl)cc5F)n4)[C@@H]4COC[C@@H]43)n(C[C@@H]3CCO3)c2c1. The van der Waals surface area contributed by atoms with E-state index in [4.69, 9.17) is 30.8 Å². The summed E-state index contributed by atoms with van der Waals surface area (Å²) in [5.74, 6) is -0.523. The second kappa shape index (κ2) is 11.9. The number of aromatic nitrogens is 3. The van der Waals surface area contributed by atoms with Gasteiger partial charge >= 0.3 is 5.97 Å². The lowest BCUT2D eigenvalue weighted by Gasteiger charge is -2.44. The van der Waals surface area contributed by atoms with Crippen molar-refractivity contribution in [2.75, 3.05) is 37.8 Å². The number of ether oxygens (including phenoxy) is 3. The molecular formula is C31H30ClF2N5O5. The van der Waals surface area contributed by atoms with Gasteiger partial charge in [0.15, 0.2) is 5.82 Å². The van der Waals surface area contributed by atoms with Gasteiger partial charge in [0.2, 0.25) is 5.88 Å². The number of piperazine rings is 1. The van der Waals surface area contributed by atoms with E-state index in [2.05, 4.69) is 14.8 Å². The number of carboxylic acid groups (broad SMARTS) is 1. The molecule has 0 saturated carbocycles. The molecule has 3 aliphatic heterocycles. The molecular weight excluding hydrogens is 596 g/mol. The van der Waals surface area contributed by atoms with E-state index >= 15 is 4.39 Å². The minimum Gasteiger partial charge on any atom is -0.478 e. The standard InChI is InChI=1S/C31H30ClF2N5O5/c32-20-5-4-18(22(33)12-20)15-44-29-3-1-2-27(35-29)38-8-7-37(25-16-42-17-26(25)38)14-28-36-30-23(34)10-19(31(40)41)11-24(30)39(28)13-21-6-9-43-21/h1-5,10-12,21,25-26H,6-9,13-17H2,(H,40,41)/t21-,25-,26+/m0/s1. The second-order valence-corrected chi connectivity index (χ2v) is 11.7. The van der Waals surface area contributed by atoms with E-state index in [1.54, 1.807) is 18.2 Å². The summed E-state index contributed by atoms with van der Waals surface area (Å²) < 4.78 is 48.6. The Morgan fingerprint density at radius 1 is 1.07 bits per heavy atom. The summed E-state index contributed by atoms with van der Waals surface area (Å²) in [5.41, 5.74) is 0.868. The number of hydrogen-bond donors (Lipinski definition) is 1. The third kappa shape index (κ3) is 5.58. The smallest absolute Gasteiger partial charge is 0.335 e. The van der Waals surface area contributed by atoms with Gasteiger partial charge in [-0.05, 0) is 36.8 Å². The summed E-state index contributed by atoms with van der Waals surface area (Å²) in [6.45, 7) is 3.92. The zero-order chi connectivity index (χ0) is 30.4. The van der Waals surface area contributed by atoms with Crippen LogP contribution in [-0.2, 0) is 29.2 Å². The first-order valence-electron chi connectivity index (χ1n) is 14.5. The van der Waals surface area contributed by atoms with Gasteiger partial charge in [-0.2, -0.15) is 4.98 Å². The van der Waals surface area contributed by atoms with E-state index in [1.807, 2.05) is 16.7 Å². The van der Waals surface area contributed by atoms with Crippen LogP contribution in [0.1, 0.15) is 28.2 Å². The van der Waals surface area contributed by atoms with Gasteiger partial charge in [0.1, 0.15) is 29.6 Å². The van der Waals surface area contributed by atoms with Gasteiger partial charge in [-0.15, -0.1) is 0 Å². The molecule has 3 saturated heterocycles. The third-order valence-corrected chi connectivity index (χ3v) is 8.81. The first-order chi connectivity index (χ1) is 21.3. The fraction of sp³-hybridized carbons (Fsp3) is 0.387. The van der Waals surface area contributed by atoms with Crippen molar-refractivity contribution in [1.82, 2.24) is 19.4 Å². The number of nitrogens with zero attached hydrogens (tertiary/aromatic N) is 5. The van der Waals surface area contributed by atoms with Gasteiger partial charge in [-0.3, -0.25) is 4.90 Å². The van der Waals surface area contributed by atoms with Crippen LogP contribution in [0.4, 0.5) is 14.6 Å². The molecule has 0 spiro atoms. The number of carboxylic acids is 1. The highest BCUT2D eigenvalue weighted by atomic mass is 35.5. The van der Waals surface area contributed by atoms with E-state index in [1.165, 1.54) is 12.1 Å². The lowest BCUT2D eigenvalue weighted by molar-refractivity contribution is -0.0592. The molecule has 1 N–H and O–H groups in total. The van der Waals surface area contributed by atoms with Gasteiger partial charge in [0, 0.05) is 36.3 Å². The van der Waals surface area contributed by atoms with Crippen molar-refractivity contribution in [2.45, 2.75) is 44.3 Å². The highest BCUT2D eigenvalue weighted by molar-refractivity contribution is 6.30. The molecule has 3 atom stereocenters. The number of rotatable bonds is 9. The first kappa shape index (κ1) is 28.9. The van der Waals surface area contributed by atoms with Crippen molar-refractivity contribution >= 4 is 34.4 Å². The number of pyridine rings is 1. The summed E-state index contributed by atoms with van der Waals surface area (Å²) in [7, 11) is 0. The minimum absolute atomic E-state index is 0.00310. The summed E-state index contributed by atoms with van der Waals surface area (Å²) >= 11 is 5.86. The molecule has 0 radical (unpaired) electrons. The maximum absolute atomic E-state index is 15.0. The zero-order valence-electron chi connectivity index (χ0n) is 23.7. The summed E-state index contributed by atoms with van der Waals surface area (Å²) in [5, 5.41) is 9.85. The van der Waals surface area contributed by atoms with Crippen molar-refractivity contribution in [3.63, 3.8) is 0 Å². The van der Waals surface area contributed by atoms with Crippen molar-refractivity contribution in [3.8, 4) is 5.88 Å². The van der Waals surface area contributed by atoms with Crippen molar-refractivity contribution in [1.29, 1.82) is 0 Å². The van der Waals surface area contributed by atoms with Gasteiger partial charge in [0.05, 0.1) is 55.6 Å². The fourth-order valence-corrected chi connectivity index (χ4v) is 6.31. The van der Waals surface area contributed by atoms with Crippen LogP contribution < -0.4 is 9.64 Å². The Balaban J connectivity index is 1.11. The molecule has 44 heavy (non-hydrogen) atoms. The van der Waals surface area contributed by atoms with Crippen molar-refractivity contribution in [3.05, 3.63) is 82.1 Å². The maximum atomic E-state index is 15.0. The molecule has 0 aliphatic carbocycles. The van der Waals surface area contributed by atoms with E-state index in [9.17, 15) is 14.3 Å². The van der Waals surface area contributed by atoms with Crippen LogP contribution in [-0.4, -0.2) is 81.6 Å². The molecule has 13 heteroatoms. The molecule has 230 valence electrons. The monoisotopic (exact) mass is 625 g/mol. The maximum Gasteiger partial charge on any atom is 0.335 e. The quantitative estimate of drug-likeness (QED) is 0.288. The molecule has 7 rings (SSSR count). The van der Waals surface area contributed by atoms with Crippen LogP contribution in [0.3, 0.4) is 0 Å². The number of imidazole rings is 1. The van der Waals surface area contributed by atoms with E-state index in [-0.39, 0.29) is 35.9 Å². The molecule has 5 heterocycles. The lowest BCUT2D eigenvalue weighted by atomic mass is 10.0. The highest BCUT2D eigenvalue weighted by Gasteiger charge is 2.42. The zero-order valence-corrected chi connectivity index (χ0v) is 24.4. The molecule has 0 amide bonds. The van der Waals surface area contributed by atoms with E-state index < -0.39 is 17.6 Å². The Hall–Kier alpha value is -3.84. The third-order valence-electron chi connectivity index (χ3n) is 8.57. The van der Waals surface area contributed by atoms with Gasteiger partial charge in [-0.1, -0.05) is 23.7 Å². The van der Waals surface area contributed by atoms with E-state index in [0.717, 1.165) is 18.3 Å². The summed E-state index contributed by atoms with van der Waals surface area (Å²) in [6.07, 6.45) is 0.848. The van der Waals surface area contributed by atoms with Gasteiger partial charge < -0.3 is 28.8 Å². The number of aromatic carboxylic acids is 1. The molecule has 2 aromatic heterocycles. The molecule has 2 aromatic carbocycles. The number of fused-ring (bicyclic) bond motifs is 2. The van der Waals surface area contributed by atoms with Gasteiger partial charge in [-0.25, -0.2) is 18.6 Å². The second-order valence-electron chi connectivity index (χ2n) is 11.2. The molecule has 0 unspecified atom stereocenters. The van der Waals surface area contributed by atoms with Crippen LogP contribution in [0.25, 0.3) is 11.0 Å². The predicted octanol–water partition coefficient (Wildman–Crippen LogP) is 4.52. The Morgan fingerprint density at radius 2 is 1.91 bits per heavy atom. The number of carbonyl (C=O) groups is 1. The normalized spacial score (nSPS) is 21.8. The highest BCUT2D eigenvalue weighted by Crippen LogP contribution is 2.31. The molecule has 3 aliphatic rings. The van der Waals surface area contributed by atoms with Crippen LogP contribution >= 0.6 is 11.6 Å². The molecule has 3 fully saturated rings. The summed E-state index contributed by atoms with van der Waals surface area (Å²) in [6, 6.07) is 12.5. The number of halogens is 3. The number of benzene rings is 2. The van der Waals surface area contributed by atoms with Crippen LogP contribution in [0.15, 0.2) is 48.5 Å². The Bertz CT molecular complexity index is 1720. The summed E-state index contributed by atoms with van der Waals surface area (Å²) in [4.78, 5) is 25.5. The molecule has 4 aromatic rings. The largest absolute Gasteiger partial charge is 0.478 e. The number of hydrogen-bond acceptors (Lipinski definition) is 8. The molecule has 10 nitrogen and oxygen atoms in total. The van der Waals surface area contributed by atoms with E-state index in [0.29, 0.717) is 73.8 Å². The van der Waals surface area contributed by atoms with Crippen molar-refractivity contribution in [2.24, 2.45) is 0 Å². The average molecular weight is 626 g/mol. The molecule has 0 bridgehead atoms. The fourth-order valence-electron chi connectivity index (χ4n) is 6.15. The lowest BCUT2D eigenvalue weighted by Crippen LogP contribution is -2.59. The minimum atomic E-state index is -1.19. The van der Waals surface area contributed by atoms with Crippen molar-refractivity contribution < 1.29 is 32.9 Å². The Kier molecular flexibility index (Phi) is 7.83. The predicted molar refractivity (Wildman–Crippen MR) is 157 cm³/mol. The Morgan fingerprint density at radius 3 is 2.68 bits per heavy atom.